The first-order valence-electron chi connectivity index (χ1n) is 11.5. The van der Waals surface area contributed by atoms with Gasteiger partial charge in [0.2, 0.25) is 15.9 Å². The summed E-state index contributed by atoms with van der Waals surface area (Å²) in [7, 11) is -3.78. The van der Waals surface area contributed by atoms with Crippen LogP contribution in [0.4, 0.5) is 17.1 Å². The number of nitro benzene ring substituents is 1. The van der Waals surface area contributed by atoms with Gasteiger partial charge in [0.15, 0.2) is 0 Å². The zero-order valence-corrected chi connectivity index (χ0v) is 19.7. The molecule has 0 spiro atoms. The van der Waals surface area contributed by atoms with Gasteiger partial charge in [-0.15, -0.1) is 0 Å². The van der Waals surface area contributed by atoms with Crippen LogP contribution < -0.4 is 15.5 Å². The number of rotatable bonds is 7. The molecule has 2 aromatic rings. The molecule has 11 heteroatoms. The summed E-state index contributed by atoms with van der Waals surface area (Å²) < 4.78 is 27.5. The molecule has 0 unspecified atom stereocenters. The molecule has 2 aliphatic heterocycles. The maximum atomic E-state index is 13.0. The molecule has 34 heavy (non-hydrogen) atoms. The van der Waals surface area contributed by atoms with Crippen molar-refractivity contribution in [1.29, 1.82) is 0 Å². The van der Waals surface area contributed by atoms with E-state index < -0.39 is 14.9 Å². The zero-order valence-electron chi connectivity index (χ0n) is 18.9. The first-order chi connectivity index (χ1) is 16.3. The molecule has 2 N–H and O–H groups in total. The summed E-state index contributed by atoms with van der Waals surface area (Å²) in [6.45, 7) is 2.87. The first-order valence-corrected chi connectivity index (χ1v) is 12.9. The van der Waals surface area contributed by atoms with E-state index in [1.54, 1.807) is 0 Å². The second-order valence-electron chi connectivity index (χ2n) is 8.55. The largest absolute Gasteiger partial charge is 0.375 e. The number of amides is 1. The number of nitrogens with zero attached hydrogens (tertiary/aromatic N) is 3. The molecule has 0 radical (unpaired) electrons. The maximum absolute atomic E-state index is 13.0. The van der Waals surface area contributed by atoms with E-state index in [4.69, 9.17) is 0 Å². The Bertz CT molecular complexity index is 1140. The summed E-state index contributed by atoms with van der Waals surface area (Å²) >= 11 is 0. The Kier molecular flexibility index (Phi) is 7.32. The highest BCUT2D eigenvalue weighted by Crippen LogP contribution is 2.30. The maximum Gasteiger partial charge on any atom is 0.293 e. The van der Waals surface area contributed by atoms with Crippen LogP contribution in [0.1, 0.15) is 31.2 Å². The molecule has 0 atom stereocenters. The van der Waals surface area contributed by atoms with Crippen molar-refractivity contribution in [2.24, 2.45) is 0 Å². The number of nitrogens with one attached hydrogen (secondary N) is 2. The average Bonchev–Trinajstić information content (AvgIpc) is 3.13. The SMILES string of the molecule is O=C1CN(c2ccc(CNc3ccc(S(=O)(=O)N4CCCCCC4)cc3[N+](=O)[O-])cc2)CCN1. The van der Waals surface area contributed by atoms with Gasteiger partial charge in [0, 0.05) is 44.5 Å². The van der Waals surface area contributed by atoms with Gasteiger partial charge in [0.1, 0.15) is 5.69 Å². The highest BCUT2D eigenvalue weighted by molar-refractivity contribution is 7.89. The molecule has 182 valence electrons. The van der Waals surface area contributed by atoms with Crippen molar-refractivity contribution in [2.75, 3.05) is 42.9 Å². The Labute approximate surface area is 199 Å². The minimum Gasteiger partial charge on any atom is -0.375 e. The van der Waals surface area contributed by atoms with E-state index in [1.807, 2.05) is 29.2 Å². The normalized spacial score (nSPS) is 17.6. The van der Waals surface area contributed by atoms with Crippen molar-refractivity contribution < 1.29 is 18.1 Å². The van der Waals surface area contributed by atoms with Gasteiger partial charge in [0.25, 0.3) is 5.69 Å². The van der Waals surface area contributed by atoms with Gasteiger partial charge in [-0.3, -0.25) is 14.9 Å². The van der Waals surface area contributed by atoms with E-state index in [0.29, 0.717) is 32.7 Å². The topological polar surface area (TPSA) is 125 Å². The number of hydrogen-bond donors (Lipinski definition) is 2. The first kappa shape index (κ1) is 24.0. The van der Waals surface area contributed by atoms with Crippen LogP contribution >= 0.6 is 0 Å². The van der Waals surface area contributed by atoms with Crippen LogP contribution in [0.3, 0.4) is 0 Å². The molecule has 0 bridgehead atoms. The van der Waals surface area contributed by atoms with Crippen molar-refractivity contribution in [3.63, 3.8) is 0 Å². The van der Waals surface area contributed by atoms with Crippen LogP contribution in [0.15, 0.2) is 47.4 Å². The highest BCUT2D eigenvalue weighted by atomic mass is 32.2. The zero-order chi connectivity index (χ0) is 24.1. The minimum absolute atomic E-state index is 0.00870. The molecule has 4 rings (SSSR count). The third-order valence-electron chi connectivity index (χ3n) is 6.19. The lowest BCUT2D eigenvalue weighted by Crippen LogP contribution is -2.47. The molecule has 10 nitrogen and oxygen atoms in total. The number of benzene rings is 2. The fraction of sp³-hybridized carbons (Fsp3) is 0.435. The van der Waals surface area contributed by atoms with Gasteiger partial charge in [0.05, 0.1) is 16.4 Å². The van der Waals surface area contributed by atoms with E-state index in [-0.39, 0.29) is 22.2 Å². The Morgan fingerprint density at radius 3 is 2.35 bits per heavy atom. The number of sulfonamides is 1. The van der Waals surface area contributed by atoms with Crippen molar-refractivity contribution in [3.8, 4) is 0 Å². The average molecular weight is 488 g/mol. The van der Waals surface area contributed by atoms with Crippen molar-refractivity contribution in [1.82, 2.24) is 9.62 Å². The predicted molar refractivity (Wildman–Crippen MR) is 129 cm³/mol. The minimum atomic E-state index is -3.78. The summed E-state index contributed by atoms with van der Waals surface area (Å²) in [5, 5.41) is 17.6. The molecule has 2 heterocycles. The Balaban J connectivity index is 1.47. The number of carbonyl (C=O) groups excluding carboxylic acids is 1. The third kappa shape index (κ3) is 5.48. The molecule has 2 saturated heterocycles. The van der Waals surface area contributed by atoms with Gasteiger partial charge >= 0.3 is 0 Å². The van der Waals surface area contributed by atoms with Gasteiger partial charge in [-0.1, -0.05) is 25.0 Å². The number of hydrogen-bond acceptors (Lipinski definition) is 7. The van der Waals surface area contributed by atoms with Crippen LogP contribution in [0.2, 0.25) is 0 Å². The van der Waals surface area contributed by atoms with E-state index >= 15 is 0 Å². The lowest BCUT2D eigenvalue weighted by atomic mass is 10.1. The lowest BCUT2D eigenvalue weighted by Gasteiger charge is -2.28. The predicted octanol–water partition coefficient (Wildman–Crippen LogP) is 2.71. The standard InChI is InChI=1S/C23H29N5O5S/c29-23-17-26(14-11-24-23)19-7-5-18(6-8-19)16-25-21-10-9-20(15-22(21)28(30)31)34(32,33)27-12-3-1-2-4-13-27/h5-10,15,25H,1-4,11-14,16-17H2,(H,24,29). The fourth-order valence-corrected chi connectivity index (χ4v) is 5.82. The van der Waals surface area contributed by atoms with Crippen LogP contribution in [0.25, 0.3) is 0 Å². The quantitative estimate of drug-likeness (QED) is 0.454. The molecule has 2 aliphatic rings. The number of carbonyl (C=O) groups is 1. The number of anilines is 2. The second-order valence-corrected chi connectivity index (χ2v) is 10.5. The Morgan fingerprint density at radius 2 is 1.71 bits per heavy atom. The summed E-state index contributed by atoms with van der Waals surface area (Å²) in [6, 6.07) is 11.7. The second kappa shape index (κ2) is 10.4. The van der Waals surface area contributed by atoms with E-state index in [1.165, 1.54) is 16.4 Å². The molecule has 2 fully saturated rings. The van der Waals surface area contributed by atoms with Crippen molar-refractivity contribution in [3.05, 3.63) is 58.1 Å². The molecule has 1 amide bonds. The lowest BCUT2D eigenvalue weighted by molar-refractivity contribution is -0.384. The van der Waals surface area contributed by atoms with Gasteiger partial charge in [-0.2, -0.15) is 4.31 Å². The Hall–Kier alpha value is -3.18. The van der Waals surface area contributed by atoms with Gasteiger partial charge in [-0.05, 0) is 42.7 Å². The summed E-state index contributed by atoms with van der Waals surface area (Å²) in [5.74, 6) is -0.00870. The van der Waals surface area contributed by atoms with E-state index in [2.05, 4.69) is 10.6 Å². The van der Waals surface area contributed by atoms with Crippen LogP contribution in [0, 0.1) is 10.1 Å². The Morgan fingerprint density at radius 1 is 1.00 bits per heavy atom. The summed E-state index contributed by atoms with van der Waals surface area (Å²) in [4.78, 5) is 24.7. The molecule has 0 saturated carbocycles. The van der Waals surface area contributed by atoms with Crippen LogP contribution in [-0.2, 0) is 21.4 Å². The molecule has 0 aliphatic carbocycles. The third-order valence-corrected chi connectivity index (χ3v) is 8.09. The molecule has 0 aromatic heterocycles. The highest BCUT2D eigenvalue weighted by Gasteiger charge is 2.28. The smallest absolute Gasteiger partial charge is 0.293 e. The van der Waals surface area contributed by atoms with Crippen LogP contribution in [-0.4, -0.2) is 56.3 Å². The van der Waals surface area contributed by atoms with Gasteiger partial charge < -0.3 is 15.5 Å². The molecule has 2 aromatic carbocycles. The summed E-state index contributed by atoms with van der Waals surface area (Å²) in [6.07, 6.45) is 3.57. The van der Waals surface area contributed by atoms with E-state index in [9.17, 15) is 23.3 Å². The number of nitro groups is 1. The number of piperazine rings is 1. The van der Waals surface area contributed by atoms with E-state index in [0.717, 1.165) is 49.5 Å². The monoisotopic (exact) mass is 487 g/mol. The summed E-state index contributed by atoms with van der Waals surface area (Å²) in [5.41, 5.74) is 1.83. The van der Waals surface area contributed by atoms with Crippen LogP contribution in [0.5, 0.6) is 0 Å². The van der Waals surface area contributed by atoms with Crippen molar-refractivity contribution >= 4 is 33.0 Å². The van der Waals surface area contributed by atoms with Crippen molar-refractivity contribution in [2.45, 2.75) is 37.1 Å². The fourth-order valence-electron chi connectivity index (χ4n) is 4.28. The molecular formula is C23H29N5O5S. The van der Waals surface area contributed by atoms with Gasteiger partial charge in [-0.25, -0.2) is 8.42 Å². The molecular weight excluding hydrogens is 458 g/mol.